The van der Waals surface area contributed by atoms with E-state index in [1.807, 2.05) is 0 Å². The summed E-state index contributed by atoms with van der Waals surface area (Å²) >= 11 is 0. The van der Waals surface area contributed by atoms with Crippen molar-refractivity contribution in [1.82, 2.24) is 5.32 Å². The number of carbonyl (C=O) groups is 1. The lowest BCUT2D eigenvalue weighted by molar-refractivity contribution is -0.385. The molecule has 1 aliphatic heterocycles. The summed E-state index contributed by atoms with van der Waals surface area (Å²) < 4.78 is 0. The monoisotopic (exact) mass is 415 g/mol. The smallest absolute Gasteiger partial charge is 0.273 e. The van der Waals surface area contributed by atoms with Crippen molar-refractivity contribution >= 4 is 17.3 Å². The summed E-state index contributed by atoms with van der Waals surface area (Å²) in [6, 6.07) is 21.6. The van der Waals surface area contributed by atoms with Crippen LogP contribution in [0.4, 0.5) is 11.4 Å². The second-order valence-electron chi connectivity index (χ2n) is 7.87. The van der Waals surface area contributed by atoms with E-state index in [-0.39, 0.29) is 11.6 Å². The molecule has 1 N–H and O–H groups in total. The Balaban J connectivity index is 1.32. The summed E-state index contributed by atoms with van der Waals surface area (Å²) in [5.41, 5.74) is 5.97. The maximum atomic E-state index is 12.3. The molecule has 0 atom stereocenters. The molecule has 0 fully saturated rings. The molecule has 31 heavy (non-hydrogen) atoms. The molecule has 6 heteroatoms. The third kappa shape index (κ3) is 4.74. The van der Waals surface area contributed by atoms with E-state index in [1.165, 1.54) is 22.9 Å². The molecule has 0 spiro atoms. The molecule has 0 unspecified atom stereocenters. The zero-order valence-corrected chi connectivity index (χ0v) is 17.5. The van der Waals surface area contributed by atoms with Crippen molar-refractivity contribution in [2.75, 3.05) is 18.0 Å². The summed E-state index contributed by atoms with van der Waals surface area (Å²) in [5, 5.41) is 13.9. The molecule has 0 saturated carbocycles. The molecule has 1 aliphatic rings. The quantitative estimate of drug-likeness (QED) is 0.477. The molecular weight excluding hydrogens is 390 g/mol. The van der Waals surface area contributed by atoms with E-state index in [9.17, 15) is 14.9 Å². The SMILES string of the molecule is Cc1ccc(C(=O)NCCc2ccc(N3CCc4ccccc4C3)cc2)cc1[N+](=O)[O-]. The minimum atomic E-state index is -0.464. The first kappa shape index (κ1) is 20.6. The van der Waals surface area contributed by atoms with Gasteiger partial charge in [-0.2, -0.15) is 0 Å². The van der Waals surface area contributed by atoms with Gasteiger partial charge < -0.3 is 10.2 Å². The average molecular weight is 415 g/mol. The molecule has 3 aromatic rings. The van der Waals surface area contributed by atoms with E-state index in [0.717, 1.165) is 25.1 Å². The number of fused-ring (bicyclic) bond motifs is 1. The summed E-state index contributed by atoms with van der Waals surface area (Å²) in [7, 11) is 0. The van der Waals surface area contributed by atoms with Gasteiger partial charge >= 0.3 is 0 Å². The highest BCUT2D eigenvalue weighted by atomic mass is 16.6. The van der Waals surface area contributed by atoms with Crippen LogP contribution < -0.4 is 10.2 Å². The summed E-state index contributed by atoms with van der Waals surface area (Å²) in [5.74, 6) is -0.299. The Morgan fingerprint density at radius 3 is 2.55 bits per heavy atom. The van der Waals surface area contributed by atoms with Crippen LogP contribution in [0.15, 0.2) is 66.7 Å². The van der Waals surface area contributed by atoms with Crippen molar-refractivity contribution in [1.29, 1.82) is 0 Å². The number of nitro benzene ring substituents is 1. The van der Waals surface area contributed by atoms with Gasteiger partial charge in [0.25, 0.3) is 11.6 Å². The molecule has 0 saturated heterocycles. The van der Waals surface area contributed by atoms with Crippen molar-refractivity contribution in [3.63, 3.8) is 0 Å². The van der Waals surface area contributed by atoms with Crippen LogP contribution in [-0.4, -0.2) is 23.9 Å². The van der Waals surface area contributed by atoms with Crippen LogP contribution in [0, 0.1) is 17.0 Å². The standard InChI is InChI=1S/C25H25N3O3/c1-18-6-9-21(16-24(18)28(30)31)25(29)26-14-12-19-7-10-23(11-8-19)27-15-13-20-4-2-3-5-22(20)17-27/h2-11,16H,12-15,17H2,1H3,(H,26,29). The number of rotatable bonds is 6. The third-order valence-electron chi connectivity index (χ3n) is 5.80. The number of benzene rings is 3. The van der Waals surface area contributed by atoms with Gasteiger partial charge in [0.05, 0.1) is 4.92 Å². The summed E-state index contributed by atoms with van der Waals surface area (Å²) in [6.07, 6.45) is 1.75. The number of carbonyl (C=O) groups excluding carboxylic acids is 1. The Hall–Kier alpha value is -3.67. The Morgan fingerprint density at radius 2 is 1.81 bits per heavy atom. The van der Waals surface area contributed by atoms with Gasteiger partial charge in [0.1, 0.15) is 0 Å². The molecule has 158 valence electrons. The number of aryl methyl sites for hydroxylation is 1. The second kappa shape index (κ2) is 9.00. The van der Waals surface area contributed by atoms with Gasteiger partial charge in [-0.15, -0.1) is 0 Å². The number of nitro groups is 1. The van der Waals surface area contributed by atoms with E-state index in [0.29, 0.717) is 24.1 Å². The summed E-state index contributed by atoms with van der Waals surface area (Å²) in [6.45, 7) is 4.06. The lowest BCUT2D eigenvalue weighted by Crippen LogP contribution is -2.30. The molecule has 4 rings (SSSR count). The molecule has 0 aromatic heterocycles. The highest BCUT2D eigenvalue weighted by molar-refractivity contribution is 5.95. The highest BCUT2D eigenvalue weighted by Gasteiger charge is 2.16. The number of amides is 1. The molecule has 0 aliphatic carbocycles. The lowest BCUT2D eigenvalue weighted by atomic mass is 9.99. The fraction of sp³-hybridized carbons (Fsp3) is 0.240. The van der Waals surface area contributed by atoms with Crippen LogP contribution >= 0.6 is 0 Å². The number of anilines is 1. The zero-order valence-electron chi connectivity index (χ0n) is 17.5. The van der Waals surface area contributed by atoms with E-state index < -0.39 is 4.92 Å². The first-order chi connectivity index (χ1) is 15.0. The first-order valence-corrected chi connectivity index (χ1v) is 10.4. The molecule has 6 nitrogen and oxygen atoms in total. The van der Waals surface area contributed by atoms with Gasteiger partial charge in [0, 0.05) is 42.5 Å². The second-order valence-corrected chi connectivity index (χ2v) is 7.87. The Labute approximate surface area is 181 Å². The number of nitrogens with zero attached hydrogens (tertiary/aromatic N) is 2. The maximum Gasteiger partial charge on any atom is 0.273 e. The molecular formula is C25H25N3O3. The minimum Gasteiger partial charge on any atom is -0.367 e. The number of hydrogen-bond acceptors (Lipinski definition) is 4. The van der Waals surface area contributed by atoms with Gasteiger partial charge in [-0.05, 0) is 54.7 Å². The summed E-state index contributed by atoms with van der Waals surface area (Å²) in [4.78, 5) is 25.3. The Kier molecular flexibility index (Phi) is 5.98. The predicted octanol–water partition coefficient (Wildman–Crippen LogP) is 4.44. The topological polar surface area (TPSA) is 75.5 Å². The van der Waals surface area contributed by atoms with Gasteiger partial charge in [-0.25, -0.2) is 0 Å². The minimum absolute atomic E-state index is 0.0384. The van der Waals surface area contributed by atoms with Gasteiger partial charge in [0.15, 0.2) is 0 Å². The molecule has 1 heterocycles. The van der Waals surface area contributed by atoms with Crippen LogP contribution in [0.25, 0.3) is 0 Å². The fourth-order valence-electron chi connectivity index (χ4n) is 3.96. The highest BCUT2D eigenvalue weighted by Crippen LogP contribution is 2.25. The third-order valence-corrected chi connectivity index (χ3v) is 5.80. The van der Waals surface area contributed by atoms with E-state index in [2.05, 4.69) is 58.7 Å². The zero-order chi connectivity index (χ0) is 21.8. The predicted molar refractivity (Wildman–Crippen MR) is 122 cm³/mol. The normalized spacial score (nSPS) is 12.9. The van der Waals surface area contributed by atoms with E-state index >= 15 is 0 Å². The Morgan fingerprint density at radius 1 is 1.06 bits per heavy atom. The molecule has 0 radical (unpaired) electrons. The van der Waals surface area contributed by atoms with Crippen molar-refractivity contribution in [3.8, 4) is 0 Å². The van der Waals surface area contributed by atoms with Crippen LogP contribution in [-0.2, 0) is 19.4 Å². The molecule has 1 amide bonds. The fourth-order valence-corrected chi connectivity index (χ4v) is 3.96. The number of hydrogen-bond donors (Lipinski definition) is 1. The Bertz CT molecular complexity index is 1110. The van der Waals surface area contributed by atoms with Crippen molar-refractivity contribution < 1.29 is 9.72 Å². The van der Waals surface area contributed by atoms with Crippen LogP contribution in [0.1, 0.15) is 32.6 Å². The maximum absolute atomic E-state index is 12.3. The van der Waals surface area contributed by atoms with E-state index in [1.54, 1.807) is 19.1 Å². The van der Waals surface area contributed by atoms with Gasteiger partial charge in [-0.1, -0.05) is 42.5 Å². The van der Waals surface area contributed by atoms with Gasteiger partial charge in [-0.3, -0.25) is 14.9 Å². The average Bonchev–Trinajstić information content (AvgIpc) is 2.79. The lowest BCUT2D eigenvalue weighted by Gasteiger charge is -2.30. The molecule has 0 bridgehead atoms. The van der Waals surface area contributed by atoms with Crippen molar-refractivity contribution in [2.45, 2.75) is 26.3 Å². The van der Waals surface area contributed by atoms with Crippen molar-refractivity contribution in [2.24, 2.45) is 0 Å². The largest absolute Gasteiger partial charge is 0.367 e. The van der Waals surface area contributed by atoms with Crippen LogP contribution in [0.2, 0.25) is 0 Å². The molecule has 3 aromatic carbocycles. The van der Waals surface area contributed by atoms with Gasteiger partial charge in [0.2, 0.25) is 0 Å². The van der Waals surface area contributed by atoms with Crippen LogP contribution in [0.5, 0.6) is 0 Å². The van der Waals surface area contributed by atoms with E-state index in [4.69, 9.17) is 0 Å². The van der Waals surface area contributed by atoms with Crippen LogP contribution in [0.3, 0.4) is 0 Å². The van der Waals surface area contributed by atoms with Crippen molar-refractivity contribution in [3.05, 3.63) is 105 Å². The number of nitrogens with one attached hydrogen (secondary N) is 1. The first-order valence-electron chi connectivity index (χ1n) is 10.4.